The van der Waals surface area contributed by atoms with E-state index in [1.807, 2.05) is 42.5 Å². The van der Waals surface area contributed by atoms with E-state index in [4.69, 9.17) is 11.6 Å². The molecule has 5 nitrogen and oxygen atoms in total. The Morgan fingerprint density at radius 3 is 2.39 bits per heavy atom. The molecule has 1 aliphatic rings. The van der Waals surface area contributed by atoms with Crippen molar-refractivity contribution in [3.8, 4) is 10.4 Å². The molecule has 1 aromatic heterocycles. The van der Waals surface area contributed by atoms with Gasteiger partial charge < -0.3 is 5.11 Å². The van der Waals surface area contributed by atoms with Crippen LogP contribution in [-0.2, 0) is 14.8 Å². The topological polar surface area (TPSA) is 83.5 Å². The largest absolute Gasteiger partial charge is 0.480 e. The van der Waals surface area contributed by atoms with Crippen molar-refractivity contribution in [3.63, 3.8) is 0 Å². The molecule has 0 amide bonds. The van der Waals surface area contributed by atoms with Crippen molar-refractivity contribution in [2.75, 3.05) is 0 Å². The number of hydrogen-bond donors (Lipinski definition) is 2. The van der Waals surface area contributed by atoms with Crippen LogP contribution < -0.4 is 4.72 Å². The molecule has 1 heterocycles. The van der Waals surface area contributed by atoms with Gasteiger partial charge in [-0.05, 0) is 41.8 Å². The van der Waals surface area contributed by atoms with Crippen molar-refractivity contribution >= 4 is 38.9 Å². The van der Waals surface area contributed by atoms with Crippen LogP contribution in [0.5, 0.6) is 0 Å². The number of halogens is 1. The van der Waals surface area contributed by atoms with Gasteiger partial charge in [0.05, 0.1) is 0 Å². The molecule has 0 spiro atoms. The molecule has 0 aliphatic heterocycles. The van der Waals surface area contributed by atoms with E-state index in [0.717, 1.165) is 27.3 Å². The van der Waals surface area contributed by atoms with E-state index < -0.39 is 27.4 Å². The monoisotopic (exact) mass is 433 g/mol. The Kier molecular flexibility index (Phi) is 4.79. The first-order chi connectivity index (χ1) is 13.3. The standard InChI is InChI=1S/C20H16ClNO4S2/c21-15-8-6-14(7-9-15)17-10-11-18(27-17)28(25,26)22-20(19(23)24)12-16(20)13-4-2-1-3-5-13/h1-11,16,22H,12H2,(H,23,24). The molecule has 4 rings (SSSR count). The number of nitrogens with one attached hydrogen (secondary N) is 1. The van der Waals surface area contributed by atoms with Crippen molar-refractivity contribution in [2.45, 2.75) is 22.1 Å². The summed E-state index contributed by atoms with van der Waals surface area (Å²) in [5, 5.41) is 10.3. The normalized spacial score (nSPS) is 21.4. The number of carboxylic acids is 1. The van der Waals surface area contributed by atoms with Crippen LogP contribution in [0, 0.1) is 0 Å². The number of rotatable bonds is 6. The predicted octanol–water partition coefficient (Wildman–Crippen LogP) is 4.36. The summed E-state index contributed by atoms with van der Waals surface area (Å²) in [6.07, 6.45) is 0.223. The summed E-state index contributed by atoms with van der Waals surface area (Å²) in [6.45, 7) is 0. The number of carboxylic acid groups (broad SMARTS) is 1. The molecule has 3 aromatic rings. The van der Waals surface area contributed by atoms with Gasteiger partial charge in [0, 0.05) is 15.8 Å². The molecule has 144 valence electrons. The molecule has 1 saturated carbocycles. The van der Waals surface area contributed by atoms with Gasteiger partial charge in [-0.2, -0.15) is 4.72 Å². The van der Waals surface area contributed by atoms with Crippen LogP contribution in [0.4, 0.5) is 0 Å². The minimum atomic E-state index is -3.98. The zero-order valence-electron chi connectivity index (χ0n) is 14.5. The second-order valence-corrected chi connectivity index (χ2v) is 10.1. The van der Waals surface area contributed by atoms with Gasteiger partial charge in [-0.1, -0.05) is 54.1 Å². The van der Waals surface area contributed by atoms with Crippen LogP contribution in [0.2, 0.25) is 5.02 Å². The molecule has 0 saturated heterocycles. The zero-order chi connectivity index (χ0) is 19.9. The Balaban J connectivity index is 1.60. The summed E-state index contributed by atoms with van der Waals surface area (Å²) in [6, 6.07) is 19.4. The lowest BCUT2D eigenvalue weighted by Gasteiger charge is -2.14. The second-order valence-electron chi connectivity index (χ2n) is 6.67. The lowest BCUT2D eigenvalue weighted by atomic mass is 10.1. The molecule has 1 fully saturated rings. The average molecular weight is 434 g/mol. The van der Waals surface area contributed by atoms with Crippen molar-refractivity contribution < 1.29 is 18.3 Å². The Morgan fingerprint density at radius 1 is 1.07 bits per heavy atom. The highest BCUT2D eigenvalue weighted by molar-refractivity contribution is 7.91. The fourth-order valence-corrected chi connectivity index (χ4v) is 6.11. The van der Waals surface area contributed by atoms with E-state index in [2.05, 4.69) is 4.72 Å². The predicted molar refractivity (Wildman–Crippen MR) is 109 cm³/mol. The van der Waals surface area contributed by atoms with Crippen molar-refractivity contribution in [2.24, 2.45) is 0 Å². The molecule has 28 heavy (non-hydrogen) atoms. The quantitative estimate of drug-likeness (QED) is 0.605. The fourth-order valence-electron chi connectivity index (χ4n) is 3.27. The molecule has 2 aromatic carbocycles. The van der Waals surface area contributed by atoms with Crippen molar-refractivity contribution in [1.82, 2.24) is 4.72 Å². The number of benzene rings is 2. The van der Waals surface area contributed by atoms with Crippen molar-refractivity contribution in [3.05, 3.63) is 77.3 Å². The van der Waals surface area contributed by atoms with Crippen LogP contribution in [0.3, 0.4) is 0 Å². The maximum Gasteiger partial charge on any atom is 0.325 e. The molecule has 0 bridgehead atoms. The molecular formula is C20H16ClNO4S2. The highest BCUT2D eigenvalue weighted by Gasteiger charge is 2.63. The first kappa shape index (κ1) is 19.1. The van der Waals surface area contributed by atoms with Gasteiger partial charge in [0.15, 0.2) is 0 Å². The van der Waals surface area contributed by atoms with Crippen LogP contribution >= 0.6 is 22.9 Å². The second kappa shape index (κ2) is 7.00. The van der Waals surface area contributed by atoms with Crippen LogP contribution in [0.25, 0.3) is 10.4 Å². The summed E-state index contributed by atoms with van der Waals surface area (Å²) in [5.41, 5.74) is 0.142. The summed E-state index contributed by atoms with van der Waals surface area (Å²) in [5.74, 6) is -1.56. The molecule has 0 radical (unpaired) electrons. The van der Waals surface area contributed by atoms with Gasteiger partial charge in [-0.15, -0.1) is 11.3 Å². The molecule has 2 unspecified atom stereocenters. The first-order valence-electron chi connectivity index (χ1n) is 8.50. The molecule has 8 heteroatoms. The van der Waals surface area contributed by atoms with Gasteiger partial charge in [0.1, 0.15) is 9.75 Å². The number of thiophene rings is 1. The van der Waals surface area contributed by atoms with Crippen molar-refractivity contribution in [1.29, 1.82) is 0 Å². The van der Waals surface area contributed by atoms with E-state index in [1.165, 1.54) is 6.07 Å². The Labute approximate surface area is 171 Å². The fraction of sp³-hybridized carbons (Fsp3) is 0.150. The van der Waals surface area contributed by atoms with Gasteiger partial charge in [-0.3, -0.25) is 4.79 Å². The minimum absolute atomic E-state index is 0.0804. The van der Waals surface area contributed by atoms with Gasteiger partial charge >= 0.3 is 5.97 Å². The summed E-state index contributed by atoms with van der Waals surface area (Å²) >= 11 is 6.98. The van der Waals surface area contributed by atoms with E-state index >= 15 is 0 Å². The third-order valence-electron chi connectivity index (χ3n) is 4.84. The molecule has 2 N–H and O–H groups in total. The van der Waals surface area contributed by atoms with Gasteiger partial charge in [0.25, 0.3) is 10.0 Å². The third kappa shape index (κ3) is 3.46. The minimum Gasteiger partial charge on any atom is -0.480 e. The lowest BCUT2D eigenvalue weighted by molar-refractivity contribution is -0.140. The molecule has 1 aliphatic carbocycles. The van der Waals surface area contributed by atoms with E-state index in [9.17, 15) is 18.3 Å². The highest BCUT2D eigenvalue weighted by atomic mass is 35.5. The number of aliphatic carboxylic acids is 1. The number of carbonyl (C=O) groups is 1. The van der Waals surface area contributed by atoms with E-state index in [0.29, 0.717) is 5.02 Å². The van der Waals surface area contributed by atoms with E-state index in [1.54, 1.807) is 18.2 Å². The van der Waals surface area contributed by atoms with E-state index in [-0.39, 0.29) is 10.6 Å². The Morgan fingerprint density at radius 2 is 1.75 bits per heavy atom. The Bertz CT molecular complexity index is 1130. The molecular weight excluding hydrogens is 418 g/mol. The smallest absolute Gasteiger partial charge is 0.325 e. The summed E-state index contributed by atoms with van der Waals surface area (Å²) in [4.78, 5) is 12.7. The average Bonchev–Trinajstić information content (AvgIpc) is 3.17. The lowest BCUT2D eigenvalue weighted by Crippen LogP contribution is -2.44. The van der Waals surface area contributed by atoms with Crippen LogP contribution in [0.15, 0.2) is 70.9 Å². The maximum absolute atomic E-state index is 12.9. The summed E-state index contributed by atoms with van der Waals surface area (Å²) < 4.78 is 28.3. The SMILES string of the molecule is O=C(O)C1(NS(=O)(=O)c2ccc(-c3ccc(Cl)cc3)s2)CC1c1ccccc1. The van der Waals surface area contributed by atoms with Gasteiger partial charge in [0.2, 0.25) is 0 Å². The maximum atomic E-state index is 12.9. The zero-order valence-corrected chi connectivity index (χ0v) is 16.9. The first-order valence-corrected chi connectivity index (χ1v) is 11.2. The number of sulfonamides is 1. The highest BCUT2D eigenvalue weighted by Crippen LogP contribution is 2.52. The number of hydrogen-bond acceptors (Lipinski definition) is 4. The van der Waals surface area contributed by atoms with Crippen LogP contribution in [-0.4, -0.2) is 25.0 Å². The summed E-state index contributed by atoms with van der Waals surface area (Å²) in [7, 11) is -3.98. The van der Waals surface area contributed by atoms with Crippen LogP contribution in [0.1, 0.15) is 17.9 Å². The Hall–Kier alpha value is -2.19. The molecule has 2 atom stereocenters. The van der Waals surface area contributed by atoms with Gasteiger partial charge in [-0.25, -0.2) is 8.42 Å². The third-order valence-corrected chi connectivity index (χ3v) is 8.22.